The van der Waals surface area contributed by atoms with E-state index in [1.54, 1.807) is 0 Å². The van der Waals surface area contributed by atoms with Crippen molar-refractivity contribution in [3.63, 3.8) is 0 Å². The summed E-state index contributed by atoms with van der Waals surface area (Å²) in [7, 11) is 0. The molecule has 208 valence electrons. The maximum atomic E-state index is 6.27. The third-order valence-electron chi connectivity index (χ3n) is 9.70. The van der Waals surface area contributed by atoms with Crippen molar-refractivity contribution >= 4 is 98.3 Å². The van der Waals surface area contributed by atoms with Crippen LogP contribution in [-0.2, 0) is 0 Å². The van der Waals surface area contributed by atoms with Crippen molar-refractivity contribution in [3.8, 4) is 0 Å². The first-order valence-electron chi connectivity index (χ1n) is 15.3. The molecule has 0 aliphatic carbocycles. The Bertz CT molecular complexity index is 2850. The molecule has 0 N–H and O–H groups in total. The van der Waals surface area contributed by atoms with Crippen LogP contribution in [0.25, 0.3) is 98.3 Å². The lowest BCUT2D eigenvalue weighted by atomic mass is 10.1. The molecule has 4 nitrogen and oxygen atoms in total. The van der Waals surface area contributed by atoms with E-state index in [-0.39, 0.29) is 0 Å². The summed E-state index contributed by atoms with van der Waals surface area (Å²) < 4.78 is 11.1. The highest BCUT2D eigenvalue weighted by Crippen LogP contribution is 2.38. The predicted octanol–water partition coefficient (Wildman–Crippen LogP) is 11.0. The molecule has 8 aromatic heterocycles. The number of nitrogens with zero attached hydrogens (tertiary/aromatic N) is 3. The monoisotopic (exact) mass is 573 g/mol. The lowest BCUT2D eigenvalue weighted by Gasteiger charge is -2.05. The number of hydrogen-bond acceptors (Lipinski definition) is 2. The van der Waals surface area contributed by atoms with E-state index in [2.05, 4.69) is 148 Å². The van der Waals surface area contributed by atoms with E-state index < -0.39 is 0 Å². The van der Waals surface area contributed by atoms with E-state index in [0.29, 0.717) is 0 Å². The maximum absolute atomic E-state index is 6.27. The Kier molecular flexibility index (Phi) is 4.29. The zero-order chi connectivity index (χ0) is 29.2. The first kappa shape index (κ1) is 23.3. The van der Waals surface area contributed by atoms with Crippen molar-refractivity contribution in [2.45, 2.75) is 0 Å². The fourth-order valence-corrected chi connectivity index (χ4v) is 7.61. The van der Waals surface area contributed by atoms with Crippen molar-refractivity contribution in [3.05, 3.63) is 140 Å². The van der Waals surface area contributed by atoms with E-state index in [9.17, 15) is 0 Å². The van der Waals surface area contributed by atoms with Gasteiger partial charge in [0.15, 0.2) is 0 Å². The molecule has 0 saturated carbocycles. The average Bonchev–Trinajstić information content (AvgIpc) is 3.75. The van der Waals surface area contributed by atoms with Crippen LogP contribution in [0, 0.1) is 0 Å². The van der Waals surface area contributed by atoms with Crippen LogP contribution in [0.5, 0.6) is 0 Å². The number of benzene rings is 6. The van der Waals surface area contributed by atoms with Gasteiger partial charge in [0.05, 0.1) is 27.6 Å². The van der Waals surface area contributed by atoms with Crippen molar-refractivity contribution in [1.82, 2.24) is 13.8 Å². The van der Waals surface area contributed by atoms with E-state index in [1.807, 2.05) is 0 Å². The summed E-state index contributed by atoms with van der Waals surface area (Å²) in [5.74, 6) is 0. The molecule has 0 amide bonds. The van der Waals surface area contributed by atoms with Gasteiger partial charge in [-0.2, -0.15) is 0 Å². The standard InChI is InChI=1S/C41H23N3O/c1-3-7-35-30(5-1)34-23-42-39-31-6-2-4-8-36(31)44-29-17-11-25(12-18-29)27-14-20-38-33(22-27)32-21-26(13-19-37(32)45-38)24-9-15-28(16-10-24)43(35)40(34)41(39)44/h1-23H. The Morgan fingerprint density at radius 3 is 1.56 bits per heavy atom. The molecule has 14 rings (SSSR count). The molecule has 0 atom stereocenters. The third kappa shape index (κ3) is 3.03. The summed E-state index contributed by atoms with van der Waals surface area (Å²) >= 11 is 0. The van der Waals surface area contributed by atoms with Gasteiger partial charge in [-0.15, -0.1) is 0 Å². The van der Waals surface area contributed by atoms with Crippen LogP contribution >= 0.6 is 0 Å². The van der Waals surface area contributed by atoms with Crippen molar-refractivity contribution in [2.24, 2.45) is 0 Å². The lowest BCUT2D eigenvalue weighted by Crippen LogP contribution is -1.90. The van der Waals surface area contributed by atoms with Gasteiger partial charge < -0.3 is 13.2 Å². The molecular formula is C41H23N3O. The van der Waals surface area contributed by atoms with Gasteiger partial charge in [-0.1, -0.05) is 72.8 Å². The number of hydrogen-bond donors (Lipinski definition) is 0. The highest BCUT2D eigenvalue weighted by atomic mass is 16.3. The van der Waals surface area contributed by atoms with E-state index in [0.717, 1.165) is 71.3 Å². The van der Waals surface area contributed by atoms with Gasteiger partial charge in [0, 0.05) is 44.2 Å². The zero-order valence-corrected chi connectivity index (χ0v) is 24.0. The first-order valence-corrected chi connectivity index (χ1v) is 15.3. The summed E-state index contributed by atoms with van der Waals surface area (Å²) in [6, 6.07) is 48.2. The van der Waals surface area contributed by atoms with Gasteiger partial charge in [-0.3, -0.25) is 4.98 Å². The van der Waals surface area contributed by atoms with Crippen molar-refractivity contribution in [2.75, 3.05) is 0 Å². The fourth-order valence-electron chi connectivity index (χ4n) is 7.61. The van der Waals surface area contributed by atoms with Gasteiger partial charge in [-0.05, 0) is 82.2 Å². The lowest BCUT2D eigenvalue weighted by molar-refractivity contribution is 0.669. The average molecular weight is 574 g/mol. The smallest absolute Gasteiger partial charge is 0.135 e. The van der Waals surface area contributed by atoms with Gasteiger partial charge in [-0.25, -0.2) is 0 Å². The minimum absolute atomic E-state index is 0.904. The Hall–Kier alpha value is -6.13. The maximum Gasteiger partial charge on any atom is 0.135 e. The first-order chi connectivity index (χ1) is 22.3. The molecule has 0 aliphatic heterocycles. The van der Waals surface area contributed by atoms with Crippen LogP contribution in [-0.4, -0.2) is 13.8 Å². The highest BCUT2D eigenvalue weighted by Gasteiger charge is 2.18. The summed E-state index contributed by atoms with van der Waals surface area (Å²) in [6.45, 7) is 0. The minimum atomic E-state index is 0.904. The highest BCUT2D eigenvalue weighted by molar-refractivity contribution is 6.22. The SMILES string of the molecule is c1ccc2c(c1)c1cnc3c4ccccc4n4c5ccc(cc5)c5ccc6oc7ccc(cc7c6c5)c5ccc(cc5)n2c1c34. The molecule has 0 aliphatic rings. The van der Waals surface area contributed by atoms with Gasteiger partial charge in [0.2, 0.25) is 0 Å². The molecule has 0 radical (unpaired) electrons. The zero-order valence-electron chi connectivity index (χ0n) is 24.0. The number of aromatic nitrogens is 3. The second-order valence-electron chi connectivity index (χ2n) is 12.0. The number of pyridine rings is 1. The molecule has 0 spiro atoms. The Labute approximate surface area is 255 Å². The topological polar surface area (TPSA) is 34.9 Å². The number of fused-ring (bicyclic) bond motifs is 4. The second-order valence-corrected chi connectivity index (χ2v) is 12.0. The quantitative estimate of drug-likeness (QED) is 0.181. The van der Waals surface area contributed by atoms with Crippen LogP contribution < -0.4 is 0 Å². The Morgan fingerprint density at radius 2 is 0.933 bits per heavy atom. The van der Waals surface area contributed by atoms with E-state index in [1.165, 1.54) is 26.9 Å². The molecule has 0 unspecified atom stereocenters. The fraction of sp³-hybridized carbons (Fsp3) is 0. The molecule has 4 heteroatoms. The van der Waals surface area contributed by atoms with Crippen LogP contribution in [0.2, 0.25) is 0 Å². The second kappa shape index (κ2) is 8.28. The molecular weight excluding hydrogens is 550 g/mol. The molecule has 45 heavy (non-hydrogen) atoms. The van der Waals surface area contributed by atoms with Gasteiger partial charge >= 0.3 is 0 Å². The molecule has 0 saturated heterocycles. The number of rotatable bonds is 0. The van der Waals surface area contributed by atoms with E-state index in [4.69, 9.17) is 9.40 Å². The summed E-state index contributed by atoms with van der Waals surface area (Å²) in [4.78, 5) is 5.13. The minimum Gasteiger partial charge on any atom is -0.456 e. The number of furan rings is 1. The van der Waals surface area contributed by atoms with Crippen molar-refractivity contribution in [1.29, 1.82) is 0 Å². The van der Waals surface area contributed by atoms with Crippen LogP contribution in [0.15, 0.2) is 144 Å². The van der Waals surface area contributed by atoms with E-state index >= 15 is 0 Å². The van der Waals surface area contributed by atoms with Crippen LogP contribution in [0.3, 0.4) is 0 Å². The van der Waals surface area contributed by atoms with Crippen LogP contribution in [0.4, 0.5) is 0 Å². The third-order valence-corrected chi connectivity index (χ3v) is 9.70. The van der Waals surface area contributed by atoms with Gasteiger partial charge in [0.1, 0.15) is 11.2 Å². The largest absolute Gasteiger partial charge is 0.456 e. The normalized spacial score (nSPS) is 12.4. The number of para-hydroxylation sites is 2. The Morgan fingerprint density at radius 1 is 0.422 bits per heavy atom. The molecule has 8 heterocycles. The summed E-state index contributed by atoms with van der Waals surface area (Å²) in [5.41, 5.74) is 9.60. The van der Waals surface area contributed by atoms with Gasteiger partial charge in [0.25, 0.3) is 0 Å². The molecule has 14 aromatic rings. The van der Waals surface area contributed by atoms with Crippen LogP contribution in [0.1, 0.15) is 0 Å². The summed E-state index contributed by atoms with van der Waals surface area (Å²) in [5, 5.41) is 10.4. The van der Waals surface area contributed by atoms with Crippen molar-refractivity contribution < 1.29 is 4.42 Å². The summed E-state index contributed by atoms with van der Waals surface area (Å²) in [6.07, 6.45) is 2.06. The molecule has 8 bridgehead atoms. The predicted molar refractivity (Wildman–Crippen MR) is 187 cm³/mol. The molecule has 6 aromatic carbocycles. The molecule has 0 fully saturated rings. The Balaban J connectivity index is 1.46.